The Kier molecular flexibility index (Phi) is 5.61. The topological polar surface area (TPSA) is 62.5 Å². The lowest BCUT2D eigenvalue weighted by atomic mass is 10.1. The second-order valence-electron chi connectivity index (χ2n) is 6.89. The maximum atomic E-state index is 13.8. The summed E-state index contributed by atoms with van der Waals surface area (Å²) in [5, 5.41) is 3.97. The average molecular weight is 364 g/mol. The lowest BCUT2D eigenvalue weighted by Gasteiger charge is -2.34. The molecule has 1 aromatic heterocycles. The van der Waals surface area contributed by atoms with Gasteiger partial charge in [0.1, 0.15) is 11.6 Å². The summed E-state index contributed by atoms with van der Waals surface area (Å²) in [5.74, 6) is -0.108. The van der Waals surface area contributed by atoms with Crippen molar-refractivity contribution in [2.24, 2.45) is 5.92 Å². The van der Waals surface area contributed by atoms with Gasteiger partial charge in [-0.15, -0.1) is 0 Å². The van der Waals surface area contributed by atoms with E-state index in [1.54, 1.807) is 0 Å². The Morgan fingerprint density at radius 2 is 1.96 bits per heavy atom. The van der Waals surface area contributed by atoms with Gasteiger partial charge in [0, 0.05) is 32.6 Å². The second-order valence-corrected chi connectivity index (χ2v) is 6.89. The average Bonchev–Trinajstić information content (AvgIpc) is 3.03. The van der Waals surface area contributed by atoms with Crippen molar-refractivity contribution in [3.63, 3.8) is 0 Å². The zero-order valence-corrected chi connectivity index (χ0v) is 14.9. The summed E-state index contributed by atoms with van der Waals surface area (Å²) >= 11 is 0. The second kappa shape index (κ2) is 7.90. The molecule has 3 rings (SSSR count). The van der Waals surface area contributed by atoms with Gasteiger partial charge >= 0.3 is 0 Å². The third kappa shape index (κ3) is 4.43. The first kappa shape index (κ1) is 18.4. The molecule has 1 amide bonds. The Morgan fingerprint density at radius 3 is 2.65 bits per heavy atom. The molecule has 1 aromatic carbocycles. The summed E-state index contributed by atoms with van der Waals surface area (Å²) in [6, 6.07) is 2.92. The third-order valence-electron chi connectivity index (χ3n) is 4.28. The SMILES string of the molecule is CC(C)Cc1noc(CN2CCN(C(=O)c3cc(F)ccc3F)CC2)n1. The standard InChI is InChI=1S/C18H22F2N4O2/c1-12(2)9-16-21-17(26-22-16)11-23-5-7-24(8-6-23)18(25)14-10-13(19)3-4-15(14)20/h3-4,10,12H,5-9,11H2,1-2H3. The van der Waals surface area contributed by atoms with E-state index in [1.165, 1.54) is 4.90 Å². The molecule has 1 aliphatic rings. The van der Waals surface area contributed by atoms with Crippen molar-refractivity contribution >= 4 is 5.91 Å². The molecular weight excluding hydrogens is 342 g/mol. The highest BCUT2D eigenvalue weighted by Crippen LogP contribution is 2.15. The number of carbonyl (C=O) groups excluding carboxylic acids is 1. The molecule has 2 aromatic rings. The zero-order valence-electron chi connectivity index (χ0n) is 14.9. The maximum absolute atomic E-state index is 13.8. The van der Waals surface area contributed by atoms with Crippen LogP contribution in [0.15, 0.2) is 22.7 Å². The van der Waals surface area contributed by atoms with Gasteiger partial charge in [-0.3, -0.25) is 9.69 Å². The molecule has 1 saturated heterocycles. The lowest BCUT2D eigenvalue weighted by molar-refractivity contribution is 0.0610. The van der Waals surface area contributed by atoms with Gasteiger partial charge in [0.2, 0.25) is 5.89 Å². The number of rotatable bonds is 5. The summed E-state index contributed by atoms with van der Waals surface area (Å²) in [7, 11) is 0. The first-order chi connectivity index (χ1) is 12.4. The fourth-order valence-corrected chi connectivity index (χ4v) is 2.93. The van der Waals surface area contributed by atoms with Crippen LogP contribution in [0, 0.1) is 17.6 Å². The van der Waals surface area contributed by atoms with Gasteiger partial charge < -0.3 is 9.42 Å². The van der Waals surface area contributed by atoms with Gasteiger partial charge in [0.15, 0.2) is 5.82 Å². The number of hydrogen-bond donors (Lipinski definition) is 0. The van der Waals surface area contributed by atoms with E-state index in [0.29, 0.717) is 50.4 Å². The van der Waals surface area contributed by atoms with Gasteiger partial charge in [0.25, 0.3) is 5.91 Å². The zero-order chi connectivity index (χ0) is 18.7. The van der Waals surface area contributed by atoms with Crippen LogP contribution in [0.2, 0.25) is 0 Å². The van der Waals surface area contributed by atoms with Crippen LogP contribution in [0.5, 0.6) is 0 Å². The van der Waals surface area contributed by atoms with E-state index in [4.69, 9.17) is 4.52 Å². The van der Waals surface area contributed by atoms with E-state index < -0.39 is 17.5 Å². The molecule has 1 fully saturated rings. The molecular formula is C18H22F2N4O2. The summed E-state index contributed by atoms with van der Waals surface area (Å²) in [6.07, 6.45) is 0.769. The van der Waals surface area contributed by atoms with E-state index in [9.17, 15) is 13.6 Å². The highest BCUT2D eigenvalue weighted by Gasteiger charge is 2.25. The summed E-state index contributed by atoms with van der Waals surface area (Å²) in [6.45, 7) is 6.77. The quantitative estimate of drug-likeness (QED) is 0.816. The van der Waals surface area contributed by atoms with E-state index in [-0.39, 0.29) is 5.56 Å². The van der Waals surface area contributed by atoms with Crippen molar-refractivity contribution in [1.82, 2.24) is 19.9 Å². The van der Waals surface area contributed by atoms with Gasteiger partial charge in [-0.2, -0.15) is 4.98 Å². The molecule has 0 atom stereocenters. The van der Waals surface area contributed by atoms with Crippen LogP contribution in [-0.4, -0.2) is 52.0 Å². The Morgan fingerprint density at radius 1 is 1.23 bits per heavy atom. The molecule has 140 valence electrons. The van der Waals surface area contributed by atoms with Crippen molar-refractivity contribution in [1.29, 1.82) is 0 Å². The normalized spacial score (nSPS) is 15.7. The molecule has 0 bridgehead atoms. The van der Waals surface area contributed by atoms with Crippen LogP contribution in [0.25, 0.3) is 0 Å². The molecule has 1 aliphatic heterocycles. The highest BCUT2D eigenvalue weighted by molar-refractivity contribution is 5.94. The number of piperazine rings is 1. The molecule has 0 saturated carbocycles. The Bertz CT molecular complexity index is 770. The molecule has 26 heavy (non-hydrogen) atoms. The Hall–Kier alpha value is -2.35. The van der Waals surface area contributed by atoms with Crippen molar-refractivity contribution < 1.29 is 18.1 Å². The summed E-state index contributed by atoms with van der Waals surface area (Å²) in [5.41, 5.74) is -0.228. The largest absolute Gasteiger partial charge is 0.338 e. The molecule has 0 unspecified atom stereocenters. The first-order valence-electron chi connectivity index (χ1n) is 8.70. The lowest BCUT2D eigenvalue weighted by Crippen LogP contribution is -2.48. The smallest absolute Gasteiger partial charge is 0.257 e. The molecule has 2 heterocycles. The Balaban J connectivity index is 1.55. The van der Waals surface area contributed by atoms with Crippen LogP contribution in [0.3, 0.4) is 0 Å². The third-order valence-corrected chi connectivity index (χ3v) is 4.28. The predicted molar refractivity (Wildman–Crippen MR) is 90.4 cm³/mol. The van der Waals surface area contributed by atoms with Crippen molar-refractivity contribution in [2.75, 3.05) is 26.2 Å². The maximum Gasteiger partial charge on any atom is 0.257 e. The number of halogens is 2. The van der Waals surface area contributed by atoms with Gasteiger partial charge in [-0.25, -0.2) is 8.78 Å². The fraction of sp³-hybridized carbons (Fsp3) is 0.500. The minimum absolute atomic E-state index is 0.228. The van der Waals surface area contributed by atoms with Gasteiger partial charge in [-0.05, 0) is 24.1 Å². The van der Waals surface area contributed by atoms with Crippen LogP contribution >= 0.6 is 0 Å². The van der Waals surface area contributed by atoms with Gasteiger partial charge in [-0.1, -0.05) is 19.0 Å². The molecule has 6 nitrogen and oxygen atoms in total. The number of benzene rings is 1. The molecule has 0 aliphatic carbocycles. The number of aromatic nitrogens is 2. The van der Waals surface area contributed by atoms with E-state index in [0.717, 1.165) is 24.6 Å². The van der Waals surface area contributed by atoms with E-state index in [2.05, 4.69) is 28.9 Å². The number of hydrogen-bond acceptors (Lipinski definition) is 5. The Labute approximate surface area is 150 Å². The monoisotopic (exact) mass is 364 g/mol. The number of carbonyl (C=O) groups is 1. The van der Waals surface area contributed by atoms with Crippen LogP contribution in [0.1, 0.15) is 35.9 Å². The molecule has 0 radical (unpaired) electrons. The van der Waals surface area contributed by atoms with E-state index >= 15 is 0 Å². The summed E-state index contributed by atoms with van der Waals surface area (Å²) < 4.78 is 32.3. The van der Waals surface area contributed by atoms with Crippen LogP contribution < -0.4 is 0 Å². The van der Waals surface area contributed by atoms with Crippen molar-refractivity contribution in [3.8, 4) is 0 Å². The highest BCUT2D eigenvalue weighted by atomic mass is 19.1. The van der Waals surface area contributed by atoms with Gasteiger partial charge in [0.05, 0.1) is 12.1 Å². The van der Waals surface area contributed by atoms with Crippen LogP contribution in [0.4, 0.5) is 8.78 Å². The van der Waals surface area contributed by atoms with E-state index in [1.807, 2.05) is 0 Å². The number of nitrogens with zero attached hydrogens (tertiary/aromatic N) is 4. The molecule has 8 heteroatoms. The molecule has 0 N–H and O–H groups in total. The van der Waals surface area contributed by atoms with Crippen molar-refractivity contribution in [3.05, 3.63) is 47.1 Å². The minimum atomic E-state index is -0.706. The minimum Gasteiger partial charge on any atom is -0.338 e. The van der Waals surface area contributed by atoms with Crippen LogP contribution in [-0.2, 0) is 13.0 Å². The molecule has 0 spiro atoms. The number of amides is 1. The predicted octanol–water partition coefficient (Wildman–Crippen LogP) is 2.50. The summed E-state index contributed by atoms with van der Waals surface area (Å²) in [4.78, 5) is 20.4. The van der Waals surface area contributed by atoms with Crippen molar-refractivity contribution in [2.45, 2.75) is 26.8 Å². The first-order valence-corrected chi connectivity index (χ1v) is 8.70. The fourth-order valence-electron chi connectivity index (χ4n) is 2.93.